The van der Waals surface area contributed by atoms with Gasteiger partial charge in [0.2, 0.25) is 11.8 Å². The third-order valence-electron chi connectivity index (χ3n) is 7.44. The van der Waals surface area contributed by atoms with Crippen molar-refractivity contribution >= 4 is 27.7 Å². The average Bonchev–Trinajstić information content (AvgIpc) is 3.09. The Balaban J connectivity index is 1.47. The van der Waals surface area contributed by atoms with Crippen LogP contribution in [0.15, 0.2) is 53.4 Å². The number of benzene rings is 2. The van der Waals surface area contributed by atoms with Crippen LogP contribution in [-0.4, -0.2) is 54.0 Å². The van der Waals surface area contributed by atoms with Gasteiger partial charge in [0, 0.05) is 25.6 Å². The number of hydrogen-bond acceptors (Lipinski definition) is 5. The number of sulfonamides is 1. The van der Waals surface area contributed by atoms with Gasteiger partial charge in [-0.3, -0.25) is 14.4 Å². The minimum absolute atomic E-state index is 0.00262. The van der Waals surface area contributed by atoms with Crippen molar-refractivity contribution in [1.82, 2.24) is 14.5 Å². The Morgan fingerprint density at radius 3 is 2.50 bits per heavy atom. The van der Waals surface area contributed by atoms with Crippen LogP contribution in [0.2, 0.25) is 0 Å². The first-order valence-corrected chi connectivity index (χ1v) is 15.0. The molecule has 8 nitrogen and oxygen atoms in total. The molecule has 1 N–H and O–H groups in total. The van der Waals surface area contributed by atoms with Crippen molar-refractivity contribution in [3.05, 3.63) is 65.2 Å². The molecule has 2 aromatic carbocycles. The third kappa shape index (κ3) is 6.09. The van der Waals surface area contributed by atoms with Crippen LogP contribution in [0.1, 0.15) is 79.8 Å². The maximum atomic E-state index is 13.6. The van der Waals surface area contributed by atoms with Gasteiger partial charge in [-0.2, -0.15) is 0 Å². The summed E-state index contributed by atoms with van der Waals surface area (Å²) in [5, 5.41) is 3.16. The fourth-order valence-corrected chi connectivity index (χ4v) is 7.05. The van der Waals surface area contributed by atoms with E-state index in [2.05, 4.69) is 5.32 Å². The summed E-state index contributed by atoms with van der Waals surface area (Å²) in [6, 6.07) is 13.5. The number of nitrogens with one attached hydrogen (secondary N) is 1. The lowest BCUT2D eigenvalue weighted by atomic mass is 9.95. The van der Waals surface area contributed by atoms with Crippen molar-refractivity contribution in [2.45, 2.75) is 88.7 Å². The number of nitrogens with zero attached hydrogens (tertiary/aromatic N) is 2. The molecule has 0 spiro atoms. The maximum absolute atomic E-state index is 13.6. The Labute approximate surface area is 225 Å². The third-order valence-corrected chi connectivity index (χ3v) is 9.28. The molecule has 9 heteroatoms. The normalized spacial score (nSPS) is 17.6. The molecule has 1 fully saturated rings. The molecule has 1 heterocycles. The van der Waals surface area contributed by atoms with E-state index in [1.807, 2.05) is 38.1 Å². The predicted octanol–water partition coefficient (Wildman–Crippen LogP) is 4.18. The summed E-state index contributed by atoms with van der Waals surface area (Å²) in [7, 11) is -3.92. The Bertz CT molecular complexity index is 1290. The highest BCUT2D eigenvalue weighted by Gasteiger charge is 2.40. The van der Waals surface area contributed by atoms with Gasteiger partial charge in [0.15, 0.2) is 0 Å². The Morgan fingerprint density at radius 2 is 1.82 bits per heavy atom. The minimum Gasteiger partial charge on any atom is -0.352 e. The monoisotopic (exact) mass is 539 g/mol. The second kappa shape index (κ2) is 12.1. The van der Waals surface area contributed by atoms with Gasteiger partial charge in [-0.05, 0) is 50.3 Å². The minimum atomic E-state index is -3.92. The van der Waals surface area contributed by atoms with Crippen LogP contribution in [0, 0.1) is 6.92 Å². The van der Waals surface area contributed by atoms with Crippen LogP contribution in [0.3, 0.4) is 0 Å². The largest absolute Gasteiger partial charge is 0.352 e. The molecule has 38 heavy (non-hydrogen) atoms. The molecule has 1 aliphatic heterocycles. The van der Waals surface area contributed by atoms with Gasteiger partial charge in [-0.15, -0.1) is 0 Å². The van der Waals surface area contributed by atoms with Gasteiger partial charge in [-0.25, -0.2) is 12.7 Å². The standard InChI is InChI=1S/C29H37N3O5S/c1-3-25(28(34)30-23-13-5-4-6-14-23)31(20-22-12-9-11-21(2)19-22)27(33)17-10-18-32-29(35)24-15-7-8-16-26(24)38(32,36)37/h7-9,11-12,15-16,19,23,25H,3-6,10,13-14,17-18,20H2,1-2H3,(H,30,34). The van der Waals surface area contributed by atoms with E-state index in [-0.39, 0.29) is 54.2 Å². The van der Waals surface area contributed by atoms with E-state index in [9.17, 15) is 22.8 Å². The molecule has 1 atom stereocenters. The molecule has 2 aromatic rings. The highest BCUT2D eigenvalue weighted by Crippen LogP contribution is 2.30. The topological polar surface area (TPSA) is 104 Å². The molecule has 1 aliphatic carbocycles. The SMILES string of the molecule is CCC(C(=O)NC1CCCCC1)N(Cc1cccc(C)c1)C(=O)CCCN1C(=O)c2ccccc2S1(=O)=O. The lowest BCUT2D eigenvalue weighted by Crippen LogP contribution is -2.51. The summed E-state index contributed by atoms with van der Waals surface area (Å²) in [5.41, 5.74) is 2.15. The highest BCUT2D eigenvalue weighted by atomic mass is 32.2. The second-order valence-electron chi connectivity index (χ2n) is 10.3. The van der Waals surface area contributed by atoms with Crippen LogP contribution in [0.5, 0.6) is 0 Å². The fourth-order valence-electron chi connectivity index (χ4n) is 5.44. The van der Waals surface area contributed by atoms with Crippen molar-refractivity contribution in [1.29, 1.82) is 0 Å². The molecule has 0 radical (unpaired) electrons. The van der Waals surface area contributed by atoms with E-state index >= 15 is 0 Å². The van der Waals surface area contributed by atoms with Crippen LogP contribution >= 0.6 is 0 Å². The molecule has 4 rings (SSSR count). The number of carbonyl (C=O) groups excluding carboxylic acids is 3. The van der Waals surface area contributed by atoms with Crippen molar-refractivity contribution in [3.8, 4) is 0 Å². The molecule has 1 unspecified atom stereocenters. The zero-order chi connectivity index (χ0) is 27.3. The van der Waals surface area contributed by atoms with Gasteiger partial charge in [0.1, 0.15) is 10.9 Å². The number of carbonyl (C=O) groups is 3. The van der Waals surface area contributed by atoms with Crippen LogP contribution in [0.25, 0.3) is 0 Å². The van der Waals surface area contributed by atoms with Gasteiger partial charge < -0.3 is 10.2 Å². The average molecular weight is 540 g/mol. The summed E-state index contributed by atoms with van der Waals surface area (Å²) < 4.78 is 26.6. The van der Waals surface area contributed by atoms with Gasteiger partial charge in [0.25, 0.3) is 15.9 Å². The number of aryl methyl sites for hydroxylation is 1. The van der Waals surface area contributed by atoms with Crippen molar-refractivity contribution in [2.75, 3.05) is 6.54 Å². The molecule has 0 aromatic heterocycles. The van der Waals surface area contributed by atoms with Gasteiger partial charge in [0.05, 0.1) is 5.56 Å². The first kappa shape index (κ1) is 27.8. The molecule has 2 aliphatic rings. The summed E-state index contributed by atoms with van der Waals surface area (Å²) >= 11 is 0. The summed E-state index contributed by atoms with van der Waals surface area (Å²) in [4.78, 5) is 41.2. The molecule has 204 valence electrons. The summed E-state index contributed by atoms with van der Waals surface area (Å²) in [6.45, 7) is 4.07. The number of rotatable bonds is 10. The lowest BCUT2D eigenvalue weighted by Gasteiger charge is -2.33. The summed E-state index contributed by atoms with van der Waals surface area (Å²) in [6.07, 6.45) is 5.93. The first-order chi connectivity index (χ1) is 18.2. The van der Waals surface area contributed by atoms with E-state index in [0.29, 0.717) is 6.42 Å². The van der Waals surface area contributed by atoms with Gasteiger partial charge >= 0.3 is 0 Å². The summed E-state index contributed by atoms with van der Waals surface area (Å²) in [5.74, 6) is -0.949. The van der Waals surface area contributed by atoms with E-state index in [0.717, 1.165) is 41.1 Å². The molecule has 0 saturated heterocycles. The van der Waals surface area contributed by atoms with E-state index in [1.54, 1.807) is 17.0 Å². The zero-order valence-corrected chi connectivity index (χ0v) is 23.0. The zero-order valence-electron chi connectivity index (χ0n) is 22.2. The van der Waals surface area contributed by atoms with E-state index in [4.69, 9.17) is 0 Å². The molecular weight excluding hydrogens is 502 g/mol. The number of fused-ring (bicyclic) bond motifs is 1. The molecular formula is C29H37N3O5S. The van der Waals surface area contributed by atoms with Gasteiger partial charge in [-0.1, -0.05) is 68.1 Å². The molecule has 0 bridgehead atoms. The quantitative estimate of drug-likeness (QED) is 0.488. The van der Waals surface area contributed by atoms with Crippen LogP contribution in [-0.2, 0) is 26.2 Å². The first-order valence-electron chi connectivity index (χ1n) is 13.5. The lowest BCUT2D eigenvalue weighted by molar-refractivity contribution is -0.141. The van der Waals surface area contributed by atoms with E-state index < -0.39 is 22.0 Å². The predicted molar refractivity (Wildman–Crippen MR) is 145 cm³/mol. The van der Waals surface area contributed by atoms with Crippen molar-refractivity contribution in [2.24, 2.45) is 0 Å². The highest BCUT2D eigenvalue weighted by molar-refractivity contribution is 7.90. The maximum Gasteiger partial charge on any atom is 0.269 e. The molecule has 1 saturated carbocycles. The van der Waals surface area contributed by atoms with Crippen LogP contribution < -0.4 is 5.32 Å². The molecule has 3 amide bonds. The Kier molecular flexibility index (Phi) is 8.87. The van der Waals surface area contributed by atoms with E-state index in [1.165, 1.54) is 18.6 Å². The Hall–Kier alpha value is -3.20. The second-order valence-corrected chi connectivity index (χ2v) is 12.1. The number of amides is 3. The fraction of sp³-hybridized carbons (Fsp3) is 0.483. The smallest absolute Gasteiger partial charge is 0.269 e. The Morgan fingerprint density at radius 1 is 1.08 bits per heavy atom. The number of hydrogen-bond donors (Lipinski definition) is 1. The van der Waals surface area contributed by atoms with Crippen molar-refractivity contribution in [3.63, 3.8) is 0 Å². The van der Waals surface area contributed by atoms with Crippen LogP contribution in [0.4, 0.5) is 0 Å². The van der Waals surface area contributed by atoms with Crippen molar-refractivity contribution < 1.29 is 22.8 Å².